The summed E-state index contributed by atoms with van der Waals surface area (Å²) in [6, 6.07) is 3.96. The molecular weight excluding hydrogens is 232 g/mol. The molecule has 17 heavy (non-hydrogen) atoms. The molecule has 0 aromatic carbocycles. The van der Waals surface area contributed by atoms with Crippen LogP contribution in [0, 0.1) is 0 Å². The van der Waals surface area contributed by atoms with Crippen LogP contribution >= 0.6 is 11.3 Å². The molecule has 0 saturated heterocycles. The van der Waals surface area contributed by atoms with Crippen LogP contribution in [0.4, 0.5) is 0 Å². The largest absolute Gasteiger partial charge is 0.402 e. The molecule has 0 unspecified atom stereocenters. The second kappa shape index (κ2) is 6.91. The Labute approximate surface area is 106 Å². The van der Waals surface area contributed by atoms with Gasteiger partial charge < -0.3 is 11.1 Å². The summed E-state index contributed by atoms with van der Waals surface area (Å²) in [6.07, 6.45) is 4.59. The van der Waals surface area contributed by atoms with Crippen molar-refractivity contribution in [2.45, 2.75) is 26.8 Å². The summed E-state index contributed by atoms with van der Waals surface area (Å²) in [7, 11) is 0. The van der Waals surface area contributed by atoms with E-state index in [-0.39, 0.29) is 5.91 Å². The van der Waals surface area contributed by atoms with Crippen molar-refractivity contribution in [2.24, 2.45) is 5.73 Å². The topological polar surface area (TPSA) is 55.1 Å². The van der Waals surface area contributed by atoms with E-state index >= 15 is 0 Å². The van der Waals surface area contributed by atoms with E-state index in [1.165, 1.54) is 0 Å². The van der Waals surface area contributed by atoms with Gasteiger partial charge in [0.15, 0.2) is 0 Å². The van der Waals surface area contributed by atoms with Crippen molar-refractivity contribution in [1.82, 2.24) is 5.32 Å². The van der Waals surface area contributed by atoms with Gasteiger partial charge in [-0.15, -0.1) is 11.3 Å². The molecule has 1 aromatic heterocycles. The van der Waals surface area contributed by atoms with Gasteiger partial charge in [-0.1, -0.05) is 25.1 Å². The van der Waals surface area contributed by atoms with E-state index in [1.54, 1.807) is 24.3 Å². The van der Waals surface area contributed by atoms with Crippen molar-refractivity contribution < 1.29 is 4.79 Å². The lowest BCUT2D eigenvalue weighted by Gasteiger charge is -2.06. The molecule has 4 heteroatoms. The lowest BCUT2D eigenvalue weighted by molar-refractivity contribution is -0.117. The van der Waals surface area contributed by atoms with E-state index in [2.05, 4.69) is 5.32 Å². The van der Waals surface area contributed by atoms with E-state index in [4.69, 9.17) is 5.73 Å². The molecule has 1 rings (SSSR count). The monoisotopic (exact) mass is 250 g/mol. The minimum Gasteiger partial charge on any atom is -0.402 e. The second-order valence-corrected chi connectivity index (χ2v) is 4.70. The molecule has 1 heterocycles. The second-order valence-electron chi connectivity index (χ2n) is 3.67. The molecule has 0 aliphatic heterocycles. The molecule has 92 valence electrons. The van der Waals surface area contributed by atoms with Gasteiger partial charge in [-0.3, -0.25) is 4.79 Å². The zero-order chi connectivity index (χ0) is 12.7. The van der Waals surface area contributed by atoms with Crippen molar-refractivity contribution in [3.05, 3.63) is 45.8 Å². The smallest absolute Gasteiger partial charge is 0.253 e. The van der Waals surface area contributed by atoms with Crippen LogP contribution in [0.1, 0.15) is 25.1 Å². The van der Waals surface area contributed by atoms with Crippen LogP contribution in [-0.2, 0) is 11.3 Å². The lowest BCUT2D eigenvalue weighted by Crippen LogP contribution is -2.25. The van der Waals surface area contributed by atoms with Gasteiger partial charge >= 0.3 is 0 Å². The minimum atomic E-state index is -0.122. The van der Waals surface area contributed by atoms with Crippen molar-refractivity contribution in [3.63, 3.8) is 0 Å². The third-order valence-electron chi connectivity index (χ3n) is 2.19. The molecular formula is C13H18N2OS. The Morgan fingerprint density at radius 2 is 2.35 bits per heavy atom. The number of allylic oxidation sites excluding steroid dienone is 2. The number of thiophene rings is 1. The quantitative estimate of drug-likeness (QED) is 0.623. The molecule has 0 saturated carbocycles. The molecule has 1 amide bonds. The van der Waals surface area contributed by atoms with Crippen molar-refractivity contribution in [1.29, 1.82) is 0 Å². The summed E-state index contributed by atoms with van der Waals surface area (Å²) in [5.74, 6) is -0.122. The summed E-state index contributed by atoms with van der Waals surface area (Å²) < 4.78 is 0. The Balaban J connectivity index is 2.61. The van der Waals surface area contributed by atoms with Crippen LogP contribution < -0.4 is 11.1 Å². The highest BCUT2D eigenvalue weighted by Gasteiger charge is 2.08. The third kappa shape index (κ3) is 4.44. The summed E-state index contributed by atoms with van der Waals surface area (Å²) >= 11 is 1.62. The van der Waals surface area contributed by atoms with Gasteiger partial charge in [-0.2, -0.15) is 0 Å². The standard InChI is InChI=1S/C13H18N2OS/c1-3-4-7-12(10(2)14)13(16)15-9-11-6-5-8-17-11/h4-8H,3,9,14H2,1-2H3,(H,15,16)/b7-4-,12-10-. The fourth-order valence-electron chi connectivity index (χ4n) is 1.30. The fourth-order valence-corrected chi connectivity index (χ4v) is 1.94. The Kier molecular flexibility index (Phi) is 5.49. The summed E-state index contributed by atoms with van der Waals surface area (Å²) in [6.45, 7) is 4.30. The Morgan fingerprint density at radius 1 is 1.59 bits per heavy atom. The summed E-state index contributed by atoms with van der Waals surface area (Å²) in [5, 5.41) is 4.85. The highest BCUT2D eigenvalue weighted by molar-refractivity contribution is 7.09. The molecule has 0 aliphatic rings. The van der Waals surface area contributed by atoms with Crippen LogP contribution in [0.25, 0.3) is 0 Å². The Hall–Kier alpha value is -1.55. The first-order chi connectivity index (χ1) is 8.15. The predicted molar refractivity (Wildman–Crippen MR) is 72.5 cm³/mol. The molecule has 0 fully saturated rings. The predicted octanol–water partition coefficient (Wildman–Crippen LogP) is 2.56. The zero-order valence-corrected chi connectivity index (χ0v) is 11.0. The highest BCUT2D eigenvalue weighted by Crippen LogP contribution is 2.09. The van der Waals surface area contributed by atoms with Gasteiger partial charge in [0.2, 0.25) is 0 Å². The summed E-state index contributed by atoms with van der Waals surface area (Å²) in [4.78, 5) is 13.0. The molecule has 0 aliphatic carbocycles. The van der Waals surface area contributed by atoms with E-state index in [9.17, 15) is 4.79 Å². The molecule has 0 atom stereocenters. The van der Waals surface area contributed by atoms with Crippen LogP contribution in [0.3, 0.4) is 0 Å². The van der Waals surface area contributed by atoms with E-state index in [0.29, 0.717) is 17.8 Å². The first kappa shape index (κ1) is 13.5. The van der Waals surface area contributed by atoms with Gasteiger partial charge in [0.1, 0.15) is 0 Å². The average Bonchev–Trinajstić information content (AvgIpc) is 2.79. The Bertz CT molecular complexity index is 415. The van der Waals surface area contributed by atoms with Crippen LogP contribution in [0.2, 0.25) is 0 Å². The van der Waals surface area contributed by atoms with Gasteiger partial charge in [0, 0.05) is 10.6 Å². The number of nitrogens with one attached hydrogen (secondary N) is 1. The van der Waals surface area contributed by atoms with Gasteiger partial charge in [-0.05, 0) is 24.8 Å². The van der Waals surface area contributed by atoms with Gasteiger partial charge in [0.25, 0.3) is 5.91 Å². The molecule has 3 nitrogen and oxygen atoms in total. The fraction of sp³-hybridized carbons (Fsp3) is 0.308. The zero-order valence-electron chi connectivity index (χ0n) is 10.2. The van der Waals surface area contributed by atoms with E-state index < -0.39 is 0 Å². The lowest BCUT2D eigenvalue weighted by atomic mass is 10.1. The van der Waals surface area contributed by atoms with Gasteiger partial charge in [-0.25, -0.2) is 0 Å². The Morgan fingerprint density at radius 3 is 2.88 bits per heavy atom. The maximum Gasteiger partial charge on any atom is 0.253 e. The van der Waals surface area contributed by atoms with Crippen molar-refractivity contribution in [3.8, 4) is 0 Å². The highest BCUT2D eigenvalue weighted by atomic mass is 32.1. The molecule has 3 N–H and O–H groups in total. The number of carbonyl (C=O) groups excluding carboxylic acids is 1. The average molecular weight is 250 g/mol. The maximum atomic E-state index is 11.9. The van der Waals surface area contributed by atoms with Crippen molar-refractivity contribution >= 4 is 17.2 Å². The first-order valence-electron chi connectivity index (χ1n) is 5.58. The SMILES string of the molecule is CC/C=C\C(C(=O)NCc1cccs1)=C(/C)N. The number of rotatable bonds is 5. The third-order valence-corrected chi connectivity index (χ3v) is 3.07. The molecule has 0 spiro atoms. The first-order valence-corrected chi connectivity index (χ1v) is 6.46. The normalized spacial score (nSPS) is 12.6. The molecule has 0 radical (unpaired) electrons. The minimum absolute atomic E-state index is 0.122. The van der Waals surface area contributed by atoms with E-state index in [1.807, 2.05) is 30.5 Å². The number of carbonyl (C=O) groups is 1. The molecule has 1 aromatic rings. The van der Waals surface area contributed by atoms with Crippen LogP contribution in [-0.4, -0.2) is 5.91 Å². The summed E-state index contributed by atoms with van der Waals surface area (Å²) in [5.41, 5.74) is 6.78. The molecule has 0 bridgehead atoms. The van der Waals surface area contributed by atoms with Crippen LogP contribution in [0.15, 0.2) is 40.9 Å². The number of nitrogens with two attached hydrogens (primary N) is 1. The van der Waals surface area contributed by atoms with Crippen molar-refractivity contribution in [2.75, 3.05) is 0 Å². The number of hydrogen-bond donors (Lipinski definition) is 2. The van der Waals surface area contributed by atoms with Crippen LogP contribution in [0.5, 0.6) is 0 Å². The van der Waals surface area contributed by atoms with E-state index in [0.717, 1.165) is 11.3 Å². The maximum absolute atomic E-state index is 11.9. The van der Waals surface area contributed by atoms with Gasteiger partial charge in [0.05, 0.1) is 12.1 Å². The number of hydrogen-bond acceptors (Lipinski definition) is 3. The number of amides is 1.